The number of nitrogens with two attached hydrogens (primary N) is 3. The average Bonchev–Trinajstić information content (AvgIpc) is 2.68. The largest absolute Gasteiger partial charge is 0.481 e. The number of carboxylic acids is 3. The highest BCUT2D eigenvalue weighted by molar-refractivity contribution is 5.95. The quantitative estimate of drug-likeness (QED) is 0.0620. The molecule has 0 saturated heterocycles. The number of nitrogens with zero attached hydrogens (tertiary/aromatic N) is 1. The summed E-state index contributed by atoms with van der Waals surface area (Å²) in [5.41, 5.74) is 16.1. The molecule has 0 saturated carbocycles. The van der Waals surface area contributed by atoms with Gasteiger partial charge in [0.25, 0.3) is 0 Å². The van der Waals surface area contributed by atoms with Gasteiger partial charge in [0.15, 0.2) is 5.96 Å². The van der Waals surface area contributed by atoms with Crippen LogP contribution in [0.1, 0.15) is 32.6 Å². The SMILES string of the molecule is CC(NC(=O)C(CC(=O)O)NC(=O)C(N)CCCN=C(N)N)C(=O)NC(CC(=O)O)C(=O)O. The van der Waals surface area contributed by atoms with Crippen molar-refractivity contribution in [3.63, 3.8) is 0 Å². The van der Waals surface area contributed by atoms with E-state index >= 15 is 0 Å². The van der Waals surface area contributed by atoms with Gasteiger partial charge in [-0.05, 0) is 19.8 Å². The molecule has 12 N–H and O–H groups in total. The lowest BCUT2D eigenvalue weighted by molar-refractivity contribution is -0.147. The summed E-state index contributed by atoms with van der Waals surface area (Å²) in [7, 11) is 0. The van der Waals surface area contributed by atoms with Gasteiger partial charge >= 0.3 is 17.9 Å². The lowest BCUT2D eigenvalue weighted by Gasteiger charge is -2.22. The molecule has 0 fully saturated rings. The van der Waals surface area contributed by atoms with Gasteiger partial charge in [0.2, 0.25) is 17.7 Å². The second kappa shape index (κ2) is 14.2. The van der Waals surface area contributed by atoms with Gasteiger partial charge in [0.1, 0.15) is 18.1 Å². The van der Waals surface area contributed by atoms with Crippen LogP contribution in [0.5, 0.6) is 0 Å². The third-order valence-electron chi connectivity index (χ3n) is 4.06. The van der Waals surface area contributed by atoms with E-state index in [1.54, 1.807) is 0 Å². The molecule has 16 nitrogen and oxygen atoms in total. The maximum absolute atomic E-state index is 12.4. The number of amides is 3. The summed E-state index contributed by atoms with van der Waals surface area (Å²) in [6.45, 7) is 1.36. The number of aliphatic carboxylic acids is 3. The number of hydrogen-bond donors (Lipinski definition) is 9. The normalized spacial score (nSPS) is 14.0. The van der Waals surface area contributed by atoms with Gasteiger partial charge in [-0.15, -0.1) is 0 Å². The highest BCUT2D eigenvalue weighted by Gasteiger charge is 2.30. The van der Waals surface area contributed by atoms with Crippen LogP contribution in [0.2, 0.25) is 0 Å². The third-order valence-corrected chi connectivity index (χ3v) is 4.06. The predicted molar refractivity (Wildman–Crippen MR) is 111 cm³/mol. The van der Waals surface area contributed by atoms with E-state index in [1.165, 1.54) is 0 Å². The molecule has 0 bridgehead atoms. The number of nitrogens with one attached hydrogen (secondary N) is 3. The van der Waals surface area contributed by atoms with Crippen LogP contribution in [0.15, 0.2) is 4.99 Å². The minimum atomic E-state index is -1.75. The summed E-state index contributed by atoms with van der Waals surface area (Å²) in [6, 6.07) is -5.82. The van der Waals surface area contributed by atoms with Crippen LogP contribution in [0.4, 0.5) is 0 Å². The molecule has 0 aromatic rings. The van der Waals surface area contributed by atoms with E-state index in [1.807, 2.05) is 5.32 Å². The monoisotopic (exact) mass is 475 g/mol. The van der Waals surface area contributed by atoms with Crippen molar-refractivity contribution in [2.75, 3.05) is 6.54 Å². The zero-order valence-corrected chi connectivity index (χ0v) is 17.8. The molecular weight excluding hydrogens is 446 g/mol. The summed E-state index contributed by atoms with van der Waals surface area (Å²) < 4.78 is 0. The van der Waals surface area contributed by atoms with Gasteiger partial charge < -0.3 is 48.5 Å². The van der Waals surface area contributed by atoms with Gasteiger partial charge in [0.05, 0.1) is 18.9 Å². The van der Waals surface area contributed by atoms with Gasteiger partial charge in [0, 0.05) is 6.54 Å². The summed E-state index contributed by atoms with van der Waals surface area (Å²) in [5.74, 6) is -7.55. The van der Waals surface area contributed by atoms with Gasteiger partial charge in [-0.1, -0.05) is 0 Å². The van der Waals surface area contributed by atoms with E-state index < -0.39 is 72.6 Å². The maximum atomic E-state index is 12.4. The lowest BCUT2D eigenvalue weighted by atomic mass is 10.1. The number of rotatable bonds is 15. The maximum Gasteiger partial charge on any atom is 0.326 e. The zero-order valence-electron chi connectivity index (χ0n) is 17.8. The topological polar surface area (TPSA) is 290 Å². The number of guanidine groups is 1. The molecule has 4 unspecified atom stereocenters. The highest BCUT2D eigenvalue weighted by Crippen LogP contribution is 2.01. The van der Waals surface area contributed by atoms with Crippen LogP contribution in [0.3, 0.4) is 0 Å². The number of hydrogen-bond acceptors (Lipinski definition) is 8. The number of carbonyl (C=O) groups is 6. The standard InChI is InChI=1S/C17H29N7O9/c1-7(13(29)24-10(16(32)33)6-12(27)28)22-15(31)9(5-11(25)26)23-14(30)8(18)3-2-4-21-17(19)20/h7-10H,2-6,18H2,1H3,(H,22,31)(H,23,30)(H,24,29)(H,25,26)(H,27,28)(H,32,33)(H4,19,20,21). The molecule has 0 aromatic carbocycles. The van der Waals surface area contributed by atoms with Gasteiger partial charge in [-0.2, -0.15) is 0 Å². The minimum Gasteiger partial charge on any atom is -0.481 e. The van der Waals surface area contributed by atoms with Crippen LogP contribution in [-0.4, -0.2) is 87.6 Å². The number of carbonyl (C=O) groups excluding carboxylic acids is 3. The third kappa shape index (κ3) is 12.5. The van der Waals surface area contributed by atoms with E-state index in [0.717, 1.165) is 6.92 Å². The van der Waals surface area contributed by atoms with Crippen LogP contribution in [-0.2, 0) is 28.8 Å². The molecule has 186 valence electrons. The van der Waals surface area contributed by atoms with Gasteiger partial charge in [-0.3, -0.25) is 29.0 Å². The fourth-order valence-corrected chi connectivity index (χ4v) is 2.36. The van der Waals surface area contributed by atoms with E-state index in [4.69, 9.17) is 32.5 Å². The smallest absolute Gasteiger partial charge is 0.326 e. The summed E-state index contributed by atoms with van der Waals surface area (Å²) >= 11 is 0. The molecule has 3 amide bonds. The first-order chi connectivity index (χ1) is 15.2. The molecule has 0 spiro atoms. The Morgan fingerprint density at radius 1 is 0.818 bits per heavy atom. The number of aliphatic imine (C=N–C) groups is 1. The average molecular weight is 475 g/mol. The van der Waals surface area contributed by atoms with E-state index in [-0.39, 0.29) is 18.9 Å². The Labute approximate surface area is 187 Å². The lowest BCUT2D eigenvalue weighted by Crippen LogP contribution is -2.56. The Kier molecular flexibility index (Phi) is 12.5. The summed E-state index contributed by atoms with van der Waals surface area (Å²) in [6.07, 6.45) is -1.27. The van der Waals surface area contributed by atoms with Crippen molar-refractivity contribution in [2.45, 2.75) is 56.8 Å². The van der Waals surface area contributed by atoms with Crippen LogP contribution in [0, 0.1) is 0 Å². The van der Waals surface area contributed by atoms with Crippen LogP contribution >= 0.6 is 0 Å². The Morgan fingerprint density at radius 3 is 1.82 bits per heavy atom. The van der Waals surface area contributed by atoms with E-state index in [0.29, 0.717) is 6.42 Å². The van der Waals surface area contributed by atoms with Crippen molar-refractivity contribution in [3.05, 3.63) is 0 Å². The molecule has 0 aromatic heterocycles. The van der Waals surface area contributed by atoms with Crippen molar-refractivity contribution in [1.29, 1.82) is 0 Å². The molecule has 0 heterocycles. The first kappa shape index (κ1) is 29.0. The molecule has 0 rings (SSSR count). The predicted octanol–water partition coefficient (Wildman–Crippen LogP) is -4.12. The fraction of sp³-hybridized carbons (Fsp3) is 0.588. The fourth-order valence-electron chi connectivity index (χ4n) is 2.36. The van der Waals surface area contributed by atoms with Crippen molar-refractivity contribution >= 4 is 41.6 Å². The molecule has 0 radical (unpaired) electrons. The van der Waals surface area contributed by atoms with Crippen molar-refractivity contribution < 1.29 is 44.1 Å². The van der Waals surface area contributed by atoms with Gasteiger partial charge in [-0.25, -0.2) is 4.79 Å². The Hall–Kier alpha value is -3.95. The Morgan fingerprint density at radius 2 is 1.33 bits per heavy atom. The Balaban J connectivity index is 5.03. The van der Waals surface area contributed by atoms with Crippen LogP contribution < -0.4 is 33.2 Å². The number of carboxylic acid groups (broad SMARTS) is 3. The second-order valence-corrected chi connectivity index (χ2v) is 6.94. The molecule has 4 atom stereocenters. The first-order valence-corrected chi connectivity index (χ1v) is 9.63. The zero-order chi connectivity index (χ0) is 25.7. The van der Waals surface area contributed by atoms with Crippen molar-refractivity contribution in [3.8, 4) is 0 Å². The highest BCUT2D eigenvalue weighted by atomic mass is 16.4. The summed E-state index contributed by atoms with van der Waals surface area (Å²) in [4.78, 5) is 73.3. The van der Waals surface area contributed by atoms with Crippen molar-refractivity contribution in [1.82, 2.24) is 16.0 Å². The molecule has 16 heteroatoms. The first-order valence-electron chi connectivity index (χ1n) is 9.63. The summed E-state index contributed by atoms with van der Waals surface area (Å²) in [5, 5.41) is 32.9. The van der Waals surface area contributed by atoms with E-state index in [2.05, 4.69) is 15.6 Å². The van der Waals surface area contributed by atoms with Crippen molar-refractivity contribution in [2.24, 2.45) is 22.2 Å². The second-order valence-electron chi connectivity index (χ2n) is 6.94. The molecule has 0 aliphatic carbocycles. The minimum absolute atomic E-state index is 0.128. The molecule has 0 aliphatic heterocycles. The van der Waals surface area contributed by atoms with E-state index in [9.17, 15) is 28.8 Å². The molecule has 0 aliphatic rings. The molecule has 33 heavy (non-hydrogen) atoms. The Bertz CT molecular complexity index is 783. The molecular formula is C17H29N7O9. The van der Waals surface area contributed by atoms with Crippen LogP contribution in [0.25, 0.3) is 0 Å².